The number of anilines is 1. The first kappa shape index (κ1) is 12.6. The molecule has 1 heterocycles. The van der Waals surface area contributed by atoms with Crippen molar-refractivity contribution >= 4 is 17.6 Å². The molecule has 0 aliphatic rings. The molecule has 6 heteroatoms. The van der Waals surface area contributed by atoms with Gasteiger partial charge < -0.3 is 15.4 Å². The first-order valence-corrected chi connectivity index (χ1v) is 5.40. The Morgan fingerprint density at radius 2 is 1.74 bits per heavy atom. The lowest BCUT2D eigenvalue weighted by atomic mass is 10.2. The quantitative estimate of drug-likeness (QED) is 0.773. The zero-order chi connectivity index (χ0) is 13.8. The molecule has 0 bridgehead atoms. The van der Waals surface area contributed by atoms with Crippen LogP contribution in [0.15, 0.2) is 47.3 Å². The molecule has 0 aliphatic heterocycles. The van der Waals surface area contributed by atoms with Crippen molar-refractivity contribution in [3.63, 3.8) is 0 Å². The van der Waals surface area contributed by atoms with Crippen LogP contribution >= 0.6 is 0 Å². The van der Waals surface area contributed by atoms with E-state index >= 15 is 0 Å². The van der Waals surface area contributed by atoms with E-state index in [1.165, 1.54) is 42.5 Å². The molecule has 0 radical (unpaired) electrons. The van der Waals surface area contributed by atoms with E-state index in [0.29, 0.717) is 5.69 Å². The monoisotopic (exact) mass is 258 g/mol. The second-order valence-corrected chi connectivity index (χ2v) is 3.77. The van der Waals surface area contributed by atoms with E-state index in [0.717, 1.165) is 0 Å². The molecule has 96 valence electrons. The summed E-state index contributed by atoms with van der Waals surface area (Å²) in [6.45, 7) is 0. The number of carbonyl (C=O) groups is 2. The summed E-state index contributed by atoms with van der Waals surface area (Å²) in [5.74, 6) is -1.51. The summed E-state index contributed by atoms with van der Waals surface area (Å²) in [5.41, 5.74) is 0.342. The third-order valence-corrected chi connectivity index (χ3v) is 2.40. The molecular weight excluding hydrogens is 248 g/mol. The molecule has 6 nitrogen and oxygen atoms in total. The van der Waals surface area contributed by atoms with Gasteiger partial charge in [0.05, 0.1) is 5.56 Å². The van der Waals surface area contributed by atoms with Gasteiger partial charge in [-0.15, -0.1) is 0 Å². The average molecular weight is 258 g/mol. The number of carboxylic acids is 1. The molecular formula is C13H10N2O4. The van der Waals surface area contributed by atoms with Crippen molar-refractivity contribution in [3.05, 3.63) is 64.1 Å². The van der Waals surface area contributed by atoms with Gasteiger partial charge >= 0.3 is 5.97 Å². The Labute approximate surface area is 107 Å². The molecule has 1 aromatic heterocycles. The summed E-state index contributed by atoms with van der Waals surface area (Å²) in [7, 11) is 0. The van der Waals surface area contributed by atoms with Crippen molar-refractivity contribution < 1.29 is 14.7 Å². The van der Waals surface area contributed by atoms with Crippen LogP contribution < -0.4 is 10.9 Å². The maximum atomic E-state index is 11.8. The average Bonchev–Trinajstić information content (AvgIpc) is 2.39. The first-order valence-electron chi connectivity index (χ1n) is 5.40. The largest absolute Gasteiger partial charge is 0.478 e. The predicted octanol–water partition coefficient (Wildman–Crippen LogP) is 1.33. The van der Waals surface area contributed by atoms with Crippen molar-refractivity contribution in [1.82, 2.24) is 4.98 Å². The van der Waals surface area contributed by atoms with E-state index in [4.69, 9.17) is 5.11 Å². The summed E-state index contributed by atoms with van der Waals surface area (Å²) in [4.78, 5) is 35.9. The highest BCUT2D eigenvalue weighted by Crippen LogP contribution is 2.10. The molecule has 0 spiro atoms. The van der Waals surface area contributed by atoms with Crippen molar-refractivity contribution in [2.45, 2.75) is 0 Å². The van der Waals surface area contributed by atoms with Crippen LogP contribution in [-0.4, -0.2) is 22.0 Å². The van der Waals surface area contributed by atoms with Crippen LogP contribution in [0.3, 0.4) is 0 Å². The lowest BCUT2D eigenvalue weighted by Gasteiger charge is -2.05. The topological polar surface area (TPSA) is 99.3 Å². The van der Waals surface area contributed by atoms with Crippen LogP contribution in [0.5, 0.6) is 0 Å². The zero-order valence-electron chi connectivity index (χ0n) is 9.71. The number of aromatic amines is 1. The van der Waals surface area contributed by atoms with Crippen molar-refractivity contribution in [2.75, 3.05) is 5.32 Å². The number of carboxylic acid groups (broad SMARTS) is 1. The fourth-order valence-electron chi connectivity index (χ4n) is 1.47. The molecule has 19 heavy (non-hydrogen) atoms. The molecule has 1 amide bonds. The van der Waals surface area contributed by atoms with Gasteiger partial charge in [-0.3, -0.25) is 9.59 Å². The maximum absolute atomic E-state index is 11.8. The van der Waals surface area contributed by atoms with Crippen LogP contribution in [0.2, 0.25) is 0 Å². The van der Waals surface area contributed by atoms with Gasteiger partial charge in [0.15, 0.2) is 0 Å². The predicted molar refractivity (Wildman–Crippen MR) is 68.4 cm³/mol. The molecule has 1 aromatic carbocycles. The molecule has 0 atom stereocenters. The second kappa shape index (κ2) is 5.18. The first-order chi connectivity index (χ1) is 9.06. The Hall–Kier alpha value is -2.89. The Morgan fingerprint density at radius 3 is 2.32 bits per heavy atom. The number of nitrogens with one attached hydrogen (secondary N) is 2. The molecule has 2 aromatic rings. The third-order valence-electron chi connectivity index (χ3n) is 2.40. The van der Waals surface area contributed by atoms with Gasteiger partial charge in [0.2, 0.25) is 5.56 Å². The molecule has 0 unspecified atom stereocenters. The van der Waals surface area contributed by atoms with E-state index in [1.54, 1.807) is 0 Å². The number of amides is 1. The number of aromatic carboxylic acids is 1. The van der Waals surface area contributed by atoms with Gasteiger partial charge in [-0.2, -0.15) is 0 Å². The fourth-order valence-corrected chi connectivity index (χ4v) is 1.47. The fraction of sp³-hybridized carbons (Fsp3) is 0. The molecule has 0 saturated heterocycles. The van der Waals surface area contributed by atoms with E-state index in [9.17, 15) is 14.4 Å². The van der Waals surface area contributed by atoms with Crippen LogP contribution in [0.4, 0.5) is 5.69 Å². The Kier molecular flexibility index (Phi) is 3.42. The van der Waals surface area contributed by atoms with Crippen LogP contribution in [-0.2, 0) is 0 Å². The second-order valence-electron chi connectivity index (χ2n) is 3.77. The van der Waals surface area contributed by atoms with Crippen LogP contribution in [0.1, 0.15) is 20.8 Å². The van der Waals surface area contributed by atoms with Gasteiger partial charge in [0.25, 0.3) is 5.91 Å². The number of H-pyrrole nitrogens is 1. The van der Waals surface area contributed by atoms with Crippen LogP contribution in [0.25, 0.3) is 0 Å². The van der Waals surface area contributed by atoms with E-state index < -0.39 is 11.9 Å². The summed E-state index contributed by atoms with van der Waals surface area (Å²) >= 11 is 0. The maximum Gasteiger partial charge on any atom is 0.335 e. The lowest BCUT2D eigenvalue weighted by Crippen LogP contribution is -2.17. The summed E-state index contributed by atoms with van der Waals surface area (Å²) < 4.78 is 0. The zero-order valence-corrected chi connectivity index (χ0v) is 9.71. The highest BCUT2D eigenvalue weighted by Gasteiger charge is 2.07. The highest BCUT2D eigenvalue weighted by atomic mass is 16.4. The Bertz CT molecular complexity index is 674. The number of carbonyl (C=O) groups excluding carboxylic acids is 1. The summed E-state index contributed by atoms with van der Waals surface area (Å²) in [5, 5.41) is 11.3. The minimum Gasteiger partial charge on any atom is -0.478 e. The van der Waals surface area contributed by atoms with E-state index in [-0.39, 0.29) is 16.8 Å². The normalized spacial score (nSPS) is 9.89. The number of hydrogen-bond donors (Lipinski definition) is 3. The molecule has 0 saturated carbocycles. The van der Waals surface area contributed by atoms with Gasteiger partial charge in [-0.1, -0.05) is 6.07 Å². The van der Waals surface area contributed by atoms with Crippen molar-refractivity contribution in [3.8, 4) is 0 Å². The summed E-state index contributed by atoms with van der Waals surface area (Å²) in [6, 6.07) is 9.96. The smallest absolute Gasteiger partial charge is 0.335 e. The summed E-state index contributed by atoms with van der Waals surface area (Å²) in [6.07, 6.45) is 0. The number of hydrogen-bond acceptors (Lipinski definition) is 3. The third kappa shape index (κ3) is 3.06. The van der Waals surface area contributed by atoms with E-state index in [1.807, 2.05) is 0 Å². The van der Waals surface area contributed by atoms with Gasteiger partial charge in [0, 0.05) is 11.8 Å². The minimum absolute atomic E-state index is 0.131. The van der Waals surface area contributed by atoms with Gasteiger partial charge in [-0.05, 0) is 30.3 Å². The molecule has 3 N–H and O–H groups in total. The SMILES string of the molecule is O=C(O)c1ccc(NC(=O)c2cccc(=O)[nH]2)cc1. The highest BCUT2D eigenvalue weighted by molar-refractivity contribution is 6.03. The number of rotatable bonds is 3. The van der Waals surface area contributed by atoms with Crippen molar-refractivity contribution in [2.24, 2.45) is 0 Å². The van der Waals surface area contributed by atoms with Crippen LogP contribution in [0, 0.1) is 0 Å². The molecule has 0 aliphatic carbocycles. The minimum atomic E-state index is -1.04. The Morgan fingerprint density at radius 1 is 1.05 bits per heavy atom. The molecule has 0 fully saturated rings. The van der Waals surface area contributed by atoms with Crippen molar-refractivity contribution in [1.29, 1.82) is 0 Å². The number of aromatic nitrogens is 1. The standard InChI is InChI=1S/C13H10N2O4/c16-11-3-1-2-10(15-11)12(17)14-9-6-4-8(5-7-9)13(18)19/h1-7H,(H,14,17)(H,15,16)(H,18,19). The van der Waals surface area contributed by atoms with E-state index in [2.05, 4.69) is 10.3 Å². The molecule has 2 rings (SSSR count). The lowest BCUT2D eigenvalue weighted by molar-refractivity contribution is 0.0696. The Balaban J connectivity index is 2.15. The van der Waals surface area contributed by atoms with Gasteiger partial charge in [0.1, 0.15) is 5.69 Å². The number of pyridine rings is 1. The van der Waals surface area contributed by atoms with Gasteiger partial charge in [-0.25, -0.2) is 4.79 Å². The number of benzene rings is 1.